The second-order valence-corrected chi connectivity index (χ2v) is 5.09. The maximum atomic E-state index is 10.9. The van der Waals surface area contributed by atoms with Gasteiger partial charge in [-0.3, -0.25) is 4.79 Å². The standard InChI is InChI=1S/C13H21N5O/c1-10(19)7-14-12-6-13(16-9-15-12)17-11-4-3-5-18(2)8-11/h6,9,11H,3-5,7-8H2,1-2H3,(H2,14,15,16,17). The molecule has 1 aromatic rings. The fourth-order valence-electron chi connectivity index (χ4n) is 2.24. The molecule has 1 aromatic heterocycles. The number of nitrogens with one attached hydrogen (secondary N) is 2. The molecule has 1 atom stereocenters. The molecule has 0 aromatic carbocycles. The van der Waals surface area contributed by atoms with E-state index in [9.17, 15) is 4.79 Å². The molecule has 104 valence electrons. The number of hydrogen-bond acceptors (Lipinski definition) is 6. The van der Waals surface area contributed by atoms with Gasteiger partial charge in [0.25, 0.3) is 0 Å². The fourth-order valence-corrected chi connectivity index (χ4v) is 2.24. The molecule has 0 amide bonds. The van der Waals surface area contributed by atoms with Crippen LogP contribution in [0.5, 0.6) is 0 Å². The van der Waals surface area contributed by atoms with Crippen LogP contribution in [0.2, 0.25) is 0 Å². The highest BCUT2D eigenvalue weighted by atomic mass is 16.1. The molecule has 1 aliphatic heterocycles. The van der Waals surface area contributed by atoms with Crippen molar-refractivity contribution in [3.8, 4) is 0 Å². The number of rotatable bonds is 5. The van der Waals surface area contributed by atoms with E-state index in [1.807, 2.05) is 6.07 Å². The number of hydrogen-bond donors (Lipinski definition) is 2. The van der Waals surface area contributed by atoms with Crippen molar-refractivity contribution < 1.29 is 4.79 Å². The van der Waals surface area contributed by atoms with Crippen LogP contribution in [0, 0.1) is 0 Å². The third-order valence-corrected chi connectivity index (χ3v) is 3.16. The largest absolute Gasteiger partial charge is 0.366 e. The molecule has 19 heavy (non-hydrogen) atoms. The molecule has 1 saturated heterocycles. The van der Waals surface area contributed by atoms with Crippen molar-refractivity contribution in [1.29, 1.82) is 0 Å². The summed E-state index contributed by atoms with van der Waals surface area (Å²) in [7, 11) is 2.13. The summed E-state index contributed by atoms with van der Waals surface area (Å²) in [5.41, 5.74) is 0. The van der Waals surface area contributed by atoms with Crippen LogP contribution >= 0.6 is 0 Å². The van der Waals surface area contributed by atoms with E-state index in [4.69, 9.17) is 0 Å². The van der Waals surface area contributed by atoms with E-state index in [0.29, 0.717) is 18.4 Å². The molecule has 6 heteroatoms. The molecule has 0 spiro atoms. The zero-order chi connectivity index (χ0) is 13.7. The number of likely N-dealkylation sites (N-methyl/N-ethyl adjacent to an activating group) is 1. The van der Waals surface area contributed by atoms with Crippen LogP contribution < -0.4 is 10.6 Å². The Morgan fingerprint density at radius 1 is 1.47 bits per heavy atom. The van der Waals surface area contributed by atoms with E-state index in [-0.39, 0.29) is 5.78 Å². The molecule has 2 rings (SSSR count). The minimum atomic E-state index is 0.0852. The molecular weight excluding hydrogens is 242 g/mol. The van der Waals surface area contributed by atoms with Gasteiger partial charge in [-0.15, -0.1) is 0 Å². The number of ketones is 1. The fraction of sp³-hybridized carbons (Fsp3) is 0.615. The summed E-state index contributed by atoms with van der Waals surface area (Å²) in [6, 6.07) is 2.27. The van der Waals surface area contributed by atoms with Gasteiger partial charge in [0.2, 0.25) is 0 Å². The maximum absolute atomic E-state index is 10.9. The van der Waals surface area contributed by atoms with Gasteiger partial charge in [0.15, 0.2) is 0 Å². The summed E-state index contributed by atoms with van der Waals surface area (Å²) >= 11 is 0. The van der Waals surface area contributed by atoms with Crippen molar-refractivity contribution in [2.45, 2.75) is 25.8 Å². The number of anilines is 2. The SMILES string of the molecule is CC(=O)CNc1cc(NC2CCCN(C)C2)ncn1. The molecule has 0 aliphatic carbocycles. The average molecular weight is 263 g/mol. The molecule has 6 nitrogen and oxygen atoms in total. The number of nitrogens with zero attached hydrogens (tertiary/aromatic N) is 3. The zero-order valence-corrected chi connectivity index (χ0v) is 11.5. The van der Waals surface area contributed by atoms with Crippen molar-refractivity contribution in [3.63, 3.8) is 0 Å². The van der Waals surface area contributed by atoms with Crippen LogP contribution in [0.4, 0.5) is 11.6 Å². The average Bonchev–Trinajstić information content (AvgIpc) is 2.37. The Bertz CT molecular complexity index is 437. The summed E-state index contributed by atoms with van der Waals surface area (Å²) in [4.78, 5) is 21.6. The highest BCUT2D eigenvalue weighted by molar-refractivity contribution is 5.80. The lowest BCUT2D eigenvalue weighted by Crippen LogP contribution is -2.39. The van der Waals surface area contributed by atoms with Crippen molar-refractivity contribution in [2.24, 2.45) is 0 Å². The molecule has 2 N–H and O–H groups in total. The number of carbonyl (C=O) groups is 1. The Labute approximate surface area is 113 Å². The van der Waals surface area contributed by atoms with E-state index < -0.39 is 0 Å². The van der Waals surface area contributed by atoms with Crippen molar-refractivity contribution in [2.75, 3.05) is 37.3 Å². The smallest absolute Gasteiger partial charge is 0.148 e. The number of piperidine rings is 1. The van der Waals surface area contributed by atoms with Crippen molar-refractivity contribution in [1.82, 2.24) is 14.9 Å². The lowest BCUT2D eigenvalue weighted by Gasteiger charge is -2.30. The minimum absolute atomic E-state index is 0.0852. The maximum Gasteiger partial charge on any atom is 0.148 e. The number of Topliss-reactive ketones (excluding diaryl/α,β-unsaturated/α-hetero) is 1. The van der Waals surface area contributed by atoms with E-state index >= 15 is 0 Å². The molecule has 0 bridgehead atoms. The molecule has 1 aliphatic rings. The highest BCUT2D eigenvalue weighted by Gasteiger charge is 2.17. The van der Waals surface area contributed by atoms with Gasteiger partial charge in [-0.2, -0.15) is 0 Å². The van der Waals surface area contributed by atoms with E-state index in [2.05, 4.69) is 32.5 Å². The topological polar surface area (TPSA) is 70.2 Å². The van der Waals surface area contributed by atoms with Crippen LogP contribution in [-0.4, -0.2) is 53.4 Å². The van der Waals surface area contributed by atoms with Crippen molar-refractivity contribution >= 4 is 17.4 Å². The number of carbonyl (C=O) groups excluding carboxylic acids is 1. The molecule has 2 heterocycles. The molecular formula is C13H21N5O. The van der Waals surface area contributed by atoms with Gasteiger partial charge in [-0.25, -0.2) is 9.97 Å². The summed E-state index contributed by atoms with van der Waals surface area (Å²) in [5.74, 6) is 1.57. The highest BCUT2D eigenvalue weighted by Crippen LogP contribution is 2.15. The molecule has 1 fully saturated rings. The summed E-state index contributed by atoms with van der Waals surface area (Å²) < 4.78 is 0. The first-order valence-corrected chi connectivity index (χ1v) is 6.64. The van der Waals surface area contributed by atoms with Gasteiger partial charge < -0.3 is 15.5 Å². The number of aromatic nitrogens is 2. The molecule has 0 saturated carbocycles. The van der Waals surface area contributed by atoms with Gasteiger partial charge in [0.1, 0.15) is 23.7 Å². The third kappa shape index (κ3) is 4.48. The van der Waals surface area contributed by atoms with Gasteiger partial charge in [0, 0.05) is 18.7 Å². The monoisotopic (exact) mass is 263 g/mol. The van der Waals surface area contributed by atoms with E-state index in [1.54, 1.807) is 6.92 Å². The molecule has 0 radical (unpaired) electrons. The van der Waals surface area contributed by atoms with Crippen LogP contribution in [0.3, 0.4) is 0 Å². The predicted molar refractivity (Wildman–Crippen MR) is 75.3 cm³/mol. The van der Waals surface area contributed by atoms with Gasteiger partial charge >= 0.3 is 0 Å². The Kier molecular flexibility index (Phi) is 4.68. The first-order chi connectivity index (χ1) is 9.13. The summed E-state index contributed by atoms with van der Waals surface area (Å²) in [6.07, 6.45) is 3.87. The van der Waals surface area contributed by atoms with Crippen molar-refractivity contribution in [3.05, 3.63) is 12.4 Å². The van der Waals surface area contributed by atoms with Gasteiger partial charge in [-0.05, 0) is 33.4 Å². The second-order valence-electron chi connectivity index (χ2n) is 5.09. The van der Waals surface area contributed by atoms with E-state index in [1.165, 1.54) is 12.7 Å². The second kappa shape index (κ2) is 6.47. The van der Waals surface area contributed by atoms with Crippen LogP contribution in [0.25, 0.3) is 0 Å². The Morgan fingerprint density at radius 3 is 3.00 bits per heavy atom. The van der Waals surface area contributed by atoms with Crippen LogP contribution in [-0.2, 0) is 4.79 Å². The Balaban J connectivity index is 1.92. The van der Waals surface area contributed by atoms with Crippen LogP contribution in [0.1, 0.15) is 19.8 Å². The molecule has 1 unspecified atom stereocenters. The van der Waals surface area contributed by atoms with E-state index in [0.717, 1.165) is 25.3 Å². The van der Waals surface area contributed by atoms with Gasteiger partial charge in [0.05, 0.1) is 6.54 Å². The first-order valence-electron chi connectivity index (χ1n) is 6.64. The quantitative estimate of drug-likeness (QED) is 0.825. The zero-order valence-electron chi connectivity index (χ0n) is 11.5. The Morgan fingerprint density at radius 2 is 2.26 bits per heavy atom. The summed E-state index contributed by atoms with van der Waals surface area (Å²) in [5, 5.41) is 6.40. The number of likely N-dealkylation sites (tertiary alicyclic amines) is 1. The lowest BCUT2D eigenvalue weighted by atomic mass is 10.1. The minimum Gasteiger partial charge on any atom is -0.366 e. The normalized spacial score (nSPS) is 20.0. The first kappa shape index (κ1) is 13.7. The predicted octanol–water partition coefficient (Wildman–Crippen LogP) is 0.984. The van der Waals surface area contributed by atoms with Gasteiger partial charge in [-0.1, -0.05) is 0 Å². The lowest BCUT2D eigenvalue weighted by molar-refractivity contribution is -0.115. The third-order valence-electron chi connectivity index (χ3n) is 3.16. The van der Waals surface area contributed by atoms with Crippen LogP contribution in [0.15, 0.2) is 12.4 Å². The Hall–Kier alpha value is -1.69. The summed E-state index contributed by atoms with van der Waals surface area (Å²) in [6.45, 7) is 4.03.